The zero-order valence-corrected chi connectivity index (χ0v) is 83.5. The fraction of sp³-hybridized carbons (Fsp3) is 0.231. The van der Waals surface area contributed by atoms with E-state index in [1.807, 2.05) is 0 Å². The molecule has 0 heterocycles. The van der Waals surface area contributed by atoms with Gasteiger partial charge >= 0.3 is 0 Å². The van der Waals surface area contributed by atoms with Crippen LogP contribution in [0.3, 0.4) is 0 Å². The first-order valence-electron chi connectivity index (χ1n) is 50.1. The van der Waals surface area contributed by atoms with Crippen LogP contribution in [0.15, 0.2) is 425 Å². The zero-order chi connectivity index (χ0) is 97.0. The van der Waals surface area contributed by atoms with E-state index in [-0.39, 0.29) is 6.04 Å². The number of rotatable bonds is 49. The highest BCUT2D eigenvalue weighted by molar-refractivity contribution is 6.03. The first-order valence-corrected chi connectivity index (χ1v) is 50.1. The molecule has 1 atom stereocenters. The molecule has 0 N–H and O–H groups in total. The predicted molar refractivity (Wildman–Crippen MR) is 589 cm³/mol. The Hall–Kier alpha value is -14.2. The molecule has 140 heavy (non-hydrogen) atoms. The van der Waals surface area contributed by atoms with E-state index in [0.29, 0.717) is 85.4 Å². The van der Waals surface area contributed by atoms with Crippen LogP contribution in [0, 0.1) is 0 Å². The average Bonchev–Trinajstić information content (AvgIpc) is 0.960. The van der Waals surface area contributed by atoms with Gasteiger partial charge in [0.05, 0.1) is 5.54 Å². The summed E-state index contributed by atoms with van der Waals surface area (Å²) in [5.41, 5.74) is 29.6. The van der Waals surface area contributed by atoms with Gasteiger partial charge in [0, 0.05) is 58.4 Å². The van der Waals surface area contributed by atoms with Crippen molar-refractivity contribution in [2.24, 2.45) is 0 Å². The molecule has 0 spiro atoms. The molecule has 0 bridgehead atoms. The van der Waals surface area contributed by atoms with Gasteiger partial charge in [-0.2, -0.15) is 0 Å². The highest BCUT2D eigenvalue weighted by Crippen LogP contribution is 2.42. The van der Waals surface area contributed by atoms with E-state index in [4.69, 9.17) is 23.7 Å². The number of allylic oxidation sites excluding steroid dienone is 5. The molecule has 0 saturated heterocycles. The van der Waals surface area contributed by atoms with Gasteiger partial charge in [-0.05, 0) is 267 Å². The molecule has 0 radical (unpaired) electrons. The van der Waals surface area contributed by atoms with Crippen LogP contribution in [0.4, 0.5) is 0 Å². The summed E-state index contributed by atoms with van der Waals surface area (Å²) >= 11 is 0. The van der Waals surface area contributed by atoms with Crippen molar-refractivity contribution in [2.75, 3.05) is 121 Å². The third-order valence-electron chi connectivity index (χ3n) is 27.0. The molecule has 0 fully saturated rings. The molecule has 15 rings (SSSR count). The lowest BCUT2D eigenvalue weighted by molar-refractivity contribution is -0.0408. The summed E-state index contributed by atoms with van der Waals surface area (Å²) in [5.74, 6) is 4.07. The number of nitrogens with zero attached hydrogens (tertiary/aromatic N) is 5. The van der Waals surface area contributed by atoms with Crippen molar-refractivity contribution in [1.29, 1.82) is 0 Å². The van der Waals surface area contributed by atoms with Crippen molar-refractivity contribution in [3.63, 3.8) is 0 Å². The smallest absolute Gasteiger partial charge is 0.119 e. The Balaban J connectivity index is 0.782. The lowest BCUT2D eigenvalue weighted by Gasteiger charge is -2.54. The lowest BCUT2D eigenvalue weighted by atomic mass is 9.84. The SMILES string of the molecule is CC/C(=C(\c1ccccc1)c1ccc(OCCN(C)CC(N(C)CCOc2ccc(/C(=C(/CC)c3ccccc3)c3ccccc3)cc2)C(CN(C)CCOc2ccc(/C(=C(/CC)c3ccccc3)c3ccccc3)cc2)(CN(C)CCOc2ccc(/C(=C(/CC)c3ccccc3)c3ccccc3)cc2)N(C)CCOc2ccc(/C(=C(/CC)c3ccccc3)c3ccccc3)cc2)cc1)c1ccccc1. The summed E-state index contributed by atoms with van der Waals surface area (Å²) < 4.78 is 35.0. The maximum atomic E-state index is 7.11. The molecule has 712 valence electrons. The second-order valence-electron chi connectivity index (χ2n) is 36.3. The Labute approximate surface area is 834 Å². The third kappa shape index (κ3) is 26.4. The summed E-state index contributed by atoms with van der Waals surface area (Å²) in [5, 5.41) is 0. The van der Waals surface area contributed by atoms with Crippen LogP contribution in [0.25, 0.3) is 55.7 Å². The average molecular weight is 1850 g/mol. The third-order valence-corrected chi connectivity index (χ3v) is 27.0. The molecule has 0 saturated carbocycles. The van der Waals surface area contributed by atoms with Gasteiger partial charge in [-0.1, -0.05) is 399 Å². The molecule has 10 nitrogen and oxygen atoms in total. The van der Waals surface area contributed by atoms with Crippen molar-refractivity contribution < 1.29 is 23.7 Å². The fourth-order valence-electron chi connectivity index (χ4n) is 19.9. The summed E-state index contributed by atoms with van der Waals surface area (Å²) in [6.07, 6.45) is 4.35. The number of hydrogen-bond donors (Lipinski definition) is 0. The van der Waals surface area contributed by atoms with E-state index in [1.54, 1.807) is 0 Å². The van der Waals surface area contributed by atoms with Crippen LogP contribution in [0.1, 0.15) is 150 Å². The number of hydrogen-bond acceptors (Lipinski definition) is 10. The van der Waals surface area contributed by atoms with E-state index in [0.717, 1.165) is 88.7 Å². The molecular weight excluding hydrogens is 1710 g/mol. The van der Waals surface area contributed by atoms with Crippen LogP contribution in [-0.4, -0.2) is 157 Å². The normalized spacial score (nSPS) is 12.9. The van der Waals surface area contributed by atoms with E-state index < -0.39 is 5.54 Å². The molecule has 10 heteroatoms. The van der Waals surface area contributed by atoms with E-state index >= 15 is 0 Å². The van der Waals surface area contributed by atoms with Crippen LogP contribution in [0.2, 0.25) is 0 Å². The second-order valence-corrected chi connectivity index (χ2v) is 36.3. The Bertz CT molecular complexity index is 6290. The largest absolute Gasteiger partial charge is 0.492 e. The van der Waals surface area contributed by atoms with Crippen LogP contribution in [0.5, 0.6) is 28.7 Å². The summed E-state index contributed by atoms with van der Waals surface area (Å²) in [6.45, 7) is 18.4. The number of likely N-dealkylation sites (N-methyl/N-ethyl adjacent to an activating group) is 5. The molecule has 15 aromatic rings. The Morgan fingerprint density at radius 2 is 0.371 bits per heavy atom. The van der Waals surface area contributed by atoms with Gasteiger partial charge in [-0.25, -0.2) is 0 Å². The summed E-state index contributed by atoms with van der Waals surface area (Å²) in [4.78, 5) is 12.6. The topological polar surface area (TPSA) is 62.3 Å². The molecular formula is C130H137N5O5. The fourth-order valence-corrected chi connectivity index (χ4v) is 19.9. The maximum Gasteiger partial charge on any atom is 0.119 e. The number of ether oxygens (including phenoxy) is 5. The molecule has 0 amide bonds. The van der Waals surface area contributed by atoms with Crippen LogP contribution in [-0.2, 0) is 0 Å². The minimum absolute atomic E-state index is 0.175. The summed E-state index contributed by atoms with van der Waals surface area (Å²) in [7, 11) is 11.4. The molecule has 0 aliphatic heterocycles. The van der Waals surface area contributed by atoms with Crippen molar-refractivity contribution >= 4 is 55.7 Å². The highest BCUT2D eigenvalue weighted by atomic mass is 16.5. The molecule has 1 unspecified atom stereocenters. The predicted octanol–water partition coefficient (Wildman–Crippen LogP) is 29.0. The highest BCUT2D eigenvalue weighted by Gasteiger charge is 2.47. The van der Waals surface area contributed by atoms with Gasteiger partial charge in [0.25, 0.3) is 0 Å². The monoisotopic (exact) mass is 1850 g/mol. The van der Waals surface area contributed by atoms with Gasteiger partial charge < -0.3 is 38.4 Å². The molecule has 0 aliphatic carbocycles. The van der Waals surface area contributed by atoms with E-state index in [9.17, 15) is 0 Å². The van der Waals surface area contributed by atoms with Crippen molar-refractivity contribution in [3.8, 4) is 28.7 Å². The Morgan fingerprint density at radius 1 is 0.200 bits per heavy atom. The van der Waals surface area contributed by atoms with Crippen molar-refractivity contribution in [2.45, 2.75) is 78.3 Å². The Morgan fingerprint density at radius 3 is 0.571 bits per heavy atom. The van der Waals surface area contributed by atoms with E-state index in [1.165, 1.54) is 111 Å². The van der Waals surface area contributed by atoms with Crippen molar-refractivity contribution in [3.05, 3.63) is 508 Å². The van der Waals surface area contributed by atoms with Crippen LogP contribution < -0.4 is 23.7 Å². The van der Waals surface area contributed by atoms with Gasteiger partial charge in [0.1, 0.15) is 61.8 Å². The van der Waals surface area contributed by atoms with Crippen LogP contribution >= 0.6 is 0 Å². The van der Waals surface area contributed by atoms with Gasteiger partial charge in [-0.15, -0.1) is 0 Å². The minimum Gasteiger partial charge on any atom is -0.492 e. The first-order chi connectivity index (χ1) is 68.8. The lowest BCUT2D eigenvalue weighted by Crippen LogP contribution is -2.72. The van der Waals surface area contributed by atoms with Crippen molar-refractivity contribution in [1.82, 2.24) is 24.5 Å². The minimum atomic E-state index is -0.673. The van der Waals surface area contributed by atoms with Gasteiger partial charge in [-0.3, -0.25) is 9.80 Å². The van der Waals surface area contributed by atoms with Gasteiger partial charge in [0.2, 0.25) is 0 Å². The van der Waals surface area contributed by atoms with E-state index in [2.05, 4.69) is 519 Å². The molecule has 15 aromatic carbocycles. The maximum absolute atomic E-state index is 7.11. The summed E-state index contributed by atoms with van der Waals surface area (Å²) in [6, 6.07) is 152. The second kappa shape index (κ2) is 51.5. The van der Waals surface area contributed by atoms with Gasteiger partial charge in [0.15, 0.2) is 0 Å². The first kappa shape index (κ1) is 100. The number of benzene rings is 15. The Kier molecular flexibility index (Phi) is 36.8. The standard InChI is InChI=1S/C130H137N5O5/c1-11-119(99-46-26-16-27-47-99)125(104-56-36-21-37-57-104)109-66-76-114(77-67-109)136-91-86-131(6)96-124(134(9)89-94-139-117-82-72-112(73-83-117)128(107-62-42-24-43-63-107)122(14-4)102-52-32-19-33-53-102)130(135(10)90-95-140-118-84-74-113(75-85-118)129(108-64-44-25-45-65-108)123(15-5)103-54-34-20-35-55-103,97-132(7)87-92-137-115-78-68-110(69-79-115)126(105-58-38-22-39-59-105)120(12-2)100-48-28-17-29-49-100)98-133(8)88-93-138-116-80-70-111(71-81-116)127(106-60-40-23-41-61-106)121(13-3)101-50-30-18-31-51-101/h16-85,124H,11-15,86-98H2,1-10H3/b125-119-,126-120-,127-121-,128-122-,129-123-. The molecule has 0 aliphatic rings. The molecule has 0 aromatic heterocycles. The zero-order valence-electron chi connectivity index (χ0n) is 83.5. The quantitative estimate of drug-likeness (QED) is 0.0345.